The molecule has 10 unspecified atom stereocenters. The van der Waals surface area contributed by atoms with Crippen LogP contribution in [0.15, 0.2) is 115 Å². The highest BCUT2D eigenvalue weighted by atomic mass is 15.1. The van der Waals surface area contributed by atoms with E-state index < -0.39 is 0 Å². The van der Waals surface area contributed by atoms with Gasteiger partial charge < -0.3 is 27.0 Å². The number of hydrogen-bond acceptors (Lipinski definition) is 5. The van der Waals surface area contributed by atoms with Gasteiger partial charge in [-0.05, 0) is 85.8 Å². The number of nitrogens with one attached hydrogen (secondary N) is 4. The number of fused-ring (bicyclic) bond motifs is 8. The van der Waals surface area contributed by atoms with E-state index in [-0.39, 0.29) is 0 Å². The third-order valence-corrected chi connectivity index (χ3v) is 13.2. The first-order chi connectivity index (χ1) is 24.2. The van der Waals surface area contributed by atoms with E-state index in [0.717, 1.165) is 5.69 Å². The molecule has 4 aromatic rings. The first-order valence-corrected chi connectivity index (χ1v) is 19.2. The predicted octanol–water partition coefficient (Wildman–Crippen LogP) is 7.20. The lowest BCUT2D eigenvalue weighted by Gasteiger charge is -2.37. The van der Waals surface area contributed by atoms with Crippen LogP contribution in [-0.4, -0.2) is 48.3 Å². The van der Waals surface area contributed by atoms with Gasteiger partial charge in [-0.2, -0.15) is 0 Å². The van der Waals surface area contributed by atoms with Gasteiger partial charge in [0.1, 0.15) is 0 Å². The molecule has 49 heavy (non-hydrogen) atoms. The number of benzene rings is 4. The zero-order valence-corrected chi connectivity index (χ0v) is 28.6. The summed E-state index contributed by atoms with van der Waals surface area (Å²) in [5.41, 5.74) is 12.9. The maximum Gasteiger partial charge on any atom is 0.0314 e. The van der Waals surface area contributed by atoms with E-state index in [1.165, 1.54) is 73.6 Å². The Hall–Kier alpha value is -3.48. The van der Waals surface area contributed by atoms with E-state index in [4.69, 9.17) is 5.73 Å². The Morgan fingerprint density at radius 1 is 0.306 bits per heavy atom. The molecule has 5 aliphatic rings. The third-order valence-electron chi connectivity index (χ3n) is 13.2. The molecule has 8 bridgehead atoms. The predicted molar refractivity (Wildman–Crippen MR) is 201 cm³/mol. The van der Waals surface area contributed by atoms with Gasteiger partial charge in [0.15, 0.2) is 0 Å². The van der Waals surface area contributed by atoms with E-state index in [2.05, 4.69) is 137 Å². The smallest absolute Gasteiger partial charge is 0.0314 e. The Balaban J connectivity index is 1.13. The molecular formula is C44H53N5. The van der Waals surface area contributed by atoms with Crippen LogP contribution in [0.25, 0.3) is 0 Å². The van der Waals surface area contributed by atoms with Gasteiger partial charge in [-0.15, -0.1) is 0 Å². The Labute approximate surface area is 292 Å². The van der Waals surface area contributed by atoms with Crippen molar-refractivity contribution in [1.29, 1.82) is 0 Å². The van der Waals surface area contributed by atoms with Crippen molar-refractivity contribution in [2.75, 3.05) is 5.73 Å². The summed E-state index contributed by atoms with van der Waals surface area (Å²) >= 11 is 0. The summed E-state index contributed by atoms with van der Waals surface area (Å²) in [4.78, 5) is 0. The molecule has 5 heterocycles. The SMILES string of the molecule is Nc1ccc(C2C3CCC(N3)C(c3ccccc3)C3CCC(N3)C(c3ccccc3)C3CCC(N3)C(c3ccccc3)C3CCC2N3)cc1. The topological polar surface area (TPSA) is 74.1 Å². The molecule has 5 nitrogen and oxygen atoms in total. The molecule has 0 amide bonds. The Morgan fingerprint density at radius 3 is 0.776 bits per heavy atom. The lowest BCUT2D eigenvalue weighted by molar-refractivity contribution is 0.305. The number of nitrogen functional groups attached to an aromatic ring is 1. The van der Waals surface area contributed by atoms with Crippen LogP contribution >= 0.6 is 0 Å². The molecule has 5 heteroatoms. The van der Waals surface area contributed by atoms with Crippen molar-refractivity contribution in [3.8, 4) is 0 Å². The summed E-state index contributed by atoms with van der Waals surface area (Å²) in [6.07, 6.45) is 9.67. The van der Waals surface area contributed by atoms with Crippen LogP contribution in [0, 0.1) is 0 Å². The highest BCUT2D eigenvalue weighted by Gasteiger charge is 2.49. The van der Waals surface area contributed by atoms with Crippen LogP contribution in [0.3, 0.4) is 0 Å². The van der Waals surface area contributed by atoms with Crippen molar-refractivity contribution in [2.24, 2.45) is 0 Å². The molecule has 5 saturated heterocycles. The number of hydrogen-bond donors (Lipinski definition) is 5. The summed E-state index contributed by atoms with van der Waals surface area (Å²) in [6, 6.07) is 46.6. The van der Waals surface area contributed by atoms with Crippen molar-refractivity contribution < 1.29 is 0 Å². The van der Waals surface area contributed by atoms with E-state index in [9.17, 15) is 0 Å². The molecule has 0 aromatic heterocycles. The minimum atomic E-state index is 0.396. The zero-order valence-electron chi connectivity index (χ0n) is 28.6. The van der Waals surface area contributed by atoms with Crippen molar-refractivity contribution >= 4 is 5.69 Å². The van der Waals surface area contributed by atoms with Crippen LogP contribution in [0.5, 0.6) is 0 Å². The molecule has 0 saturated carbocycles. The minimum absolute atomic E-state index is 0.396. The average Bonchev–Trinajstić information content (AvgIpc) is 3.98. The normalized spacial score (nSPS) is 37.3. The standard InChI is InChI=1S/C44H53N5/c45-32-18-16-31(17-19-32)44-39-26-24-37(48-39)42(29-12-6-2-7-13-29)35-22-20-33(46-35)41(28-10-4-1-5-11-28)34-21-23-36(47-34)43(30-14-8-3-9-15-30)38-25-27-40(44)49-38/h1-19,33-44,46-49H,20-27,45H2. The highest BCUT2D eigenvalue weighted by Crippen LogP contribution is 2.45. The minimum Gasteiger partial charge on any atom is -0.399 e. The molecule has 0 radical (unpaired) electrons. The maximum absolute atomic E-state index is 6.24. The van der Waals surface area contributed by atoms with Crippen molar-refractivity contribution in [2.45, 2.75) is 123 Å². The molecular weight excluding hydrogens is 599 g/mol. The lowest BCUT2D eigenvalue weighted by Crippen LogP contribution is -2.51. The molecule has 0 spiro atoms. The van der Waals surface area contributed by atoms with E-state index in [0.29, 0.717) is 72.0 Å². The van der Waals surface area contributed by atoms with Gasteiger partial charge in [-0.25, -0.2) is 0 Å². The molecule has 4 aromatic carbocycles. The monoisotopic (exact) mass is 651 g/mol. The molecule has 6 N–H and O–H groups in total. The molecule has 5 aliphatic heterocycles. The first kappa shape index (κ1) is 31.5. The first-order valence-electron chi connectivity index (χ1n) is 19.2. The van der Waals surface area contributed by atoms with Crippen molar-refractivity contribution in [3.05, 3.63) is 138 Å². The van der Waals surface area contributed by atoms with Gasteiger partial charge in [0, 0.05) is 77.7 Å². The number of nitrogens with two attached hydrogens (primary N) is 1. The fourth-order valence-electron chi connectivity index (χ4n) is 11.2. The second-order valence-corrected chi connectivity index (χ2v) is 15.8. The van der Waals surface area contributed by atoms with Crippen LogP contribution in [0.2, 0.25) is 0 Å². The van der Waals surface area contributed by atoms with Gasteiger partial charge >= 0.3 is 0 Å². The van der Waals surface area contributed by atoms with Crippen molar-refractivity contribution in [3.63, 3.8) is 0 Å². The average molecular weight is 652 g/mol. The van der Waals surface area contributed by atoms with E-state index in [1.807, 2.05) is 0 Å². The Morgan fingerprint density at radius 2 is 0.531 bits per heavy atom. The molecule has 10 atom stereocenters. The third kappa shape index (κ3) is 6.14. The van der Waals surface area contributed by atoms with Crippen LogP contribution in [0.4, 0.5) is 5.69 Å². The molecule has 0 aliphatic carbocycles. The fraction of sp³-hybridized carbons (Fsp3) is 0.455. The second-order valence-electron chi connectivity index (χ2n) is 15.8. The fourth-order valence-corrected chi connectivity index (χ4v) is 11.2. The van der Waals surface area contributed by atoms with Crippen LogP contribution < -0.4 is 27.0 Å². The summed E-state index contributed by atoms with van der Waals surface area (Å²) in [5, 5.41) is 17.4. The second kappa shape index (κ2) is 13.7. The molecule has 254 valence electrons. The van der Waals surface area contributed by atoms with Gasteiger partial charge in [-0.1, -0.05) is 103 Å². The summed E-state index contributed by atoms with van der Waals surface area (Å²) in [5.74, 6) is 1.71. The summed E-state index contributed by atoms with van der Waals surface area (Å²) < 4.78 is 0. The quantitative estimate of drug-likeness (QED) is 0.151. The molecule has 9 rings (SSSR count). The van der Waals surface area contributed by atoms with Crippen molar-refractivity contribution in [1.82, 2.24) is 21.3 Å². The number of anilines is 1. The van der Waals surface area contributed by atoms with Gasteiger partial charge in [0.05, 0.1) is 0 Å². The lowest BCUT2D eigenvalue weighted by atomic mass is 9.83. The van der Waals surface area contributed by atoms with E-state index >= 15 is 0 Å². The highest BCUT2D eigenvalue weighted by molar-refractivity contribution is 5.42. The van der Waals surface area contributed by atoms with E-state index in [1.54, 1.807) is 0 Å². The van der Waals surface area contributed by atoms with Crippen LogP contribution in [0.1, 0.15) is 97.3 Å². The Kier molecular flexibility index (Phi) is 8.79. The molecule has 5 fully saturated rings. The van der Waals surface area contributed by atoms with Gasteiger partial charge in [0.2, 0.25) is 0 Å². The zero-order chi connectivity index (χ0) is 32.7. The van der Waals surface area contributed by atoms with Crippen LogP contribution in [-0.2, 0) is 0 Å². The van der Waals surface area contributed by atoms with Gasteiger partial charge in [0.25, 0.3) is 0 Å². The van der Waals surface area contributed by atoms with Gasteiger partial charge in [-0.3, -0.25) is 0 Å². The Bertz CT molecular complexity index is 1580. The number of rotatable bonds is 4. The summed E-state index contributed by atoms with van der Waals surface area (Å²) in [7, 11) is 0. The summed E-state index contributed by atoms with van der Waals surface area (Å²) in [6.45, 7) is 0. The largest absolute Gasteiger partial charge is 0.399 e. The maximum atomic E-state index is 6.24.